The molecule has 0 fully saturated rings. The number of carboxylic acids is 1. The smallest absolute Gasteiger partial charge is 0.335 e. The van der Waals surface area contributed by atoms with E-state index >= 15 is 0 Å². The van der Waals surface area contributed by atoms with Crippen molar-refractivity contribution < 1.29 is 27.9 Å². The number of methoxy groups -OCH3 is 1. The van der Waals surface area contributed by atoms with Crippen molar-refractivity contribution in [1.82, 2.24) is 5.43 Å². The lowest BCUT2D eigenvalue weighted by Gasteiger charge is -2.09. The summed E-state index contributed by atoms with van der Waals surface area (Å²) >= 11 is 0. The van der Waals surface area contributed by atoms with Crippen LogP contribution in [0.5, 0.6) is 5.75 Å². The van der Waals surface area contributed by atoms with Gasteiger partial charge in [0.2, 0.25) is 0 Å². The lowest BCUT2D eigenvalue weighted by Crippen LogP contribution is -2.19. The number of hydrazone groups is 1. The predicted octanol–water partition coefficient (Wildman–Crippen LogP) is 2.96. The average molecular weight is 453 g/mol. The second-order valence-electron chi connectivity index (χ2n) is 6.49. The maximum atomic E-state index is 12.7. The molecule has 3 N–H and O–H groups in total. The van der Waals surface area contributed by atoms with Gasteiger partial charge in [0.05, 0.1) is 23.8 Å². The van der Waals surface area contributed by atoms with Crippen LogP contribution in [0.2, 0.25) is 0 Å². The first kappa shape index (κ1) is 22.5. The molecule has 0 unspecified atom stereocenters. The molecule has 3 rings (SSSR count). The molecule has 3 aromatic rings. The predicted molar refractivity (Wildman–Crippen MR) is 119 cm³/mol. The Morgan fingerprint density at radius 1 is 0.969 bits per heavy atom. The molecular formula is C22H19N3O6S. The highest BCUT2D eigenvalue weighted by Gasteiger charge is 2.16. The first-order chi connectivity index (χ1) is 15.3. The number of nitrogens with zero attached hydrogens (tertiary/aromatic N) is 1. The van der Waals surface area contributed by atoms with Gasteiger partial charge in [-0.2, -0.15) is 5.10 Å². The topological polar surface area (TPSA) is 134 Å². The minimum absolute atomic E-state index is 0.0887. The second-order valence-corrected chi connectivity index (χ2v) is 8.17. The van der Waals surface area contributed by atoms with Crippen LogP contribution < -0.4 is 14.9 Å². The van der Waals surface area contributed by atoms with Gasteiger partial charge >= 0.3 is 5.97 Å². The number of hydrogen-bond donors (Lipinski definition) is 3. The molecule has 3 aromatic carbocycles. The van der Waals surface area contributed by atoms with Crippen LogP contribution in [0.25, 0.3) is 0 Å². The highest BCUT2D eigenvalue weighted by atomic mass is 32.2. The summed E-state index contributed by atoms with van der Waals surface area (Å²) in [7, 11) is -2.41. The van der Waals surface area contributed by atoms with Gasteiger partial charge in [-0.15, -0.1) is 0 Å². The molecule has 9 nitrogen and oxygen atoms in total. The summed E-state index contributed by atoms with van der Waals surface area (Å²) in [4.78, 5) is 23.1. The van der Waals surface area contributed by atoms with Gasteiger partial charge in [0.1, 0.15) is 5.75 Å². The molecule has 0 aliphatic heterocycles. The number of anilines is 1. The first-order valence-electron chi connectivity index (χ1n) is 9.22. The van der Waals surface area contributed by atoms with Crippen molar-refractivity contribution >= 4 is 33.8 Å². The summed E-state index contributed by atoms with van der Waals surface area (Å²) in [6.45, 7) is 0. The maximum absolute atomic E-state index is 12.7. The van der Waals surface area contributed by atoms with Gasteiger partial charge in [-0.25, -0.2) is 18.6 Å². The fourth-order valence-corrected chi connectivity index (χ4v) is 3.72. The number of carbonyl (C=O) groups is 2. The van der Waals surface area contributed by atoms with Crippen LogP contribution in [0.1, 0.15) is 26.3 Å². The molecule has 0 radical (unpaired) electrons. The van der Waals surface area contributed by atoms with Crippen molar-refractivity contribution in [1.29, 1.82) is 0 Å². The number of sulfonamides is 1. The molecule has 0 aromatic heterocycles. The Bertz CT molecular complexity index is 1250. The number of nitrogens with one attached hydrogen (secondary N) is 2. The molecule has 10 heteroatoms. The molecule has 1 amide bonds. The molecule has 0 saturated carbocycles. The van der Waals surface area contributed by atoms with E-state index in [2.05, 4.69) is 15.2 Å². The van der Waals surface area contributed by atoms with E-state index in [9.17, 15) is 18.0 Å². The van der Waals surface area contributed by atoms with Gasteiger partial charge in [-0.3, -0.25) is 9.52 Å². The Morgan fingerprint density at radius 2 is 1.66 bits per heavy atom. The van der Waals surface area contributed by atoms with Crippen molar-refractivity contribution in [3.63, 3.8) is 0 Å². The third kappa shape index (κ3) is 5.70. The molecule has 0 heterocycles. The summed E-state index contributed by atoms with van der Waals surface area (Å²) in [6, 6.07) is 17.8. The number of hydrogen-bond acceptors (Lipinski definition) is 6. The normalized spacial score (nSPS) is 11.2. The quantitative estimate of drug-likeness (QED) is 0.355. The van der Waals surface area contributed by atoms with E-state index < -0.39 is 21.9 Å². The maximum Gasteiger partial charge on any atom is 0.335 e. The van der Waals surface area contributed by atoms with Gasteiger partial charge in [0.25, 0.3) is 15.9 Å². The fourth-order valence-electron chi connectivity index (χ4n) is 2.62. The zero-order chi connectivity index (χ0) is 23.1. The van der Waals surface area contributed by atoms with E-state index in [0.717, 1.165) is 0 Å². The van der Waals surface area contributed by atoms with E-state index in [-0.39, 0.29) is 16.0 Å². The third-order valence-electron chi connectivity index (χ3n) is 4.29. The number of amides is 1. The number of ether oxygens (including phenoxy) is 1. The van der Waals surface area contributed by atoms with Gasteiger partial charge in [-0.1, -0.05) is 18.2 Å². The summed E-state index contributed by atoms with van der Waals surface area (Å²) in [5.74, 6) is -1.06. The fraction of sp³-hybridized carbons (Fsp3) is 0.0455. The molecule has 0 aliphatic rings. The zero-order valence-electron chi connectivity index (χ0n) is 16.8. The SMILES string of the molecule is COc1ccc(NS(=O)(=O)c2cccc(C(=O)NN=Cc3ccc(C(=O)O)cc3)c2)cc1. The second kappa shape index (κ2) is 9.75. The molecule has 0 bridgehead atoms. The highest BCUT2D eigenvalue weighted by Crippen LogP contribution is 2.20. The van der Waals surface area contributed by atoms with Crippen LogP contribution in [0.4, 0.5) is 5.69 Å². The van der Waals surface area contributed by atoms with Crippen molar-refractivity contribution in [3.8, 4) is 5.75 Å². The Hall–Kier alpha value is -4.18. The van der Waals surface area contributed by atoms with Crippen LogP contribution in [-0.4, -0.2) is 38.7 Å². The molecule has 0 aliphatic carbocycles. The summed E-state index contributed by atoms with van der Waals surface area (Å²) < 4.78 is 32.8. The lowest BCUT2D eigenvalue weighted by molar-refractivity contribution is 0.0696. The lowest BCUT2D eigenvalue weighted by atomic mass is 10.1. The highest BCUT2D eigenvalue weighted by molar-refractivity contribution is 7.92. The van der Waals surface area contributed by atoms with Crippen LogP contribution >= 0.6 is 0 Å². The van der Waals surface area contributed by atoms with Gasteiger partial charge in [0.15, 0.2) is 0 Å². The van der Waals surface area contributed by atoms with E-state index in [4.69, 9.17) is 9.84 Å². The zero-order valence-corrected chi connectivity index (χ0v) is 17.7. The van der Waals surface area contributed by atoms with E-state index in [0.29, 0.717) is 17.0 Å². The van der Waals surface area contributed by atoms with E-state index in [1.807, 2.05) is 0 Å². The summed E-state index contributed by atoms with van der Waals surface area (Å²) in [5, 5.41) is 12.7. The number of carbonyl (C=O) groups excluding carboxylic acids is 1. The molecule has 0 saturated heterocycles. The van der Waals surface area contributed by atoms with Crippen molar-refractivity contribution in [2.75, 3.05) is 11.8 Å². The van der Waals surface area contributed by atoms with Crippen molar-refractivity contribution in [2.24, 2.45) is 5.10 Å². The molecule has 0 atom stereocenters. The monoisotopic (exact) mass is 453 g/mol. The van der Waals surface area contributed by atoms with Gasteiger partial charge < -0.3 is 9.84 Å². The molecular weight excluding hydrogens is 434 g/mol. The van der Waals surface area contributed by atoms with Crippen LogP contribution in [0.15, 0.2) is 82.8 Å². The summed E-state index contributed by atoms with van der Waals surface area (Å²) in [5.41, 5.74) is 3.47. The van der Waals surface area contributed by atoms with Crippen LogP contribution in [-0.2, 0) is 10.0 Å². The molecule has 32 heavy (non-hydrogen) atoms. The number of carboxylic acid groups (broad SMARTS) is 1. The Balaban J connectivity index is 1.68. The Morgan fingerprint density at radius 3 is 2.28 bits per heavy atom. The largest absolute Gasteiger partial charge is 0.497 e. The van der Waals surface area contributed by atoms with Gasteiger partial charge in [0, 0.05) is 11.3 Å². The van der Waals surface area contributed by atoms with E-state index in [1.165, 1.54) is 61.9 Å². The number of benzene rings is 3. The minimum Gasteiger partial charge on any atom is -0.497 e. The Labute approximate surface area is 184 Å². The van der Waals surface area contributed by atoms with Crippen LogP contribution in [0.3, 0.4) is 0 Å². The van der Waals surface area contributed by atoms with Crippen LogP contribution in [0, 0.1) is 0 Å². The number of rotatable bonds is 8. The summed E-state index contributed by atoms with van der Waals surface area (Å²) in [6.07, 6.45) is 1.34. The van der Waals surface area contributed by atoms with Crippen molar-refractivity contribution in [3.05, 3.63) is 89.5 Å². The molecule has 0 spiro atoms. The standard InChI is InChI=1S/C22H19N3O6S/c1-31-19-11-9-18(10-12-19)25-32(29,30)20-4-2-3-17(13-20)21(26)24-23-14-15-5-7-16(8-6-15)22(27)28/h2-14,25H,1H3,(H,24,26)(H,27,28). The Kier molecular flexibility index (Phi) is 6.86. The first-order valence-corrected chi connectivity index (χ1v) is 10.7. The van der Waals surface area contributed by atoms with Gasteiger partial charge in [-0.05, 0) is 60.2 Å². The third-order valence-corrected chi connectivity index (χ3v) is 5.67. The van der Waals surface area contributed by atoms with Crippen molar-refractivity contribution in [2.45, 2.75) is 4.90 Å². The number of aromatic carboxylic acids is 1. The van der Waals surface area contributed by atoms with E-state index in [1.54, 1.807) is 24.3 Å². The minimum atomic E-state index is -3.92. The molecule has 164 valence electrons. The average Bonchev–Trinajstić information content (AvgIpc) is 2.79.